The Morgan fingerprint density at radius 2 is 2.03 bits per heavy atom. The maximum Gasteiger partial charge on any atom is 0.258 e. The Morgan fingerprint density at radius 3 is 2.80 bits per heavy atom. The Hall–Kier alpha value is -3.16. The number of carbonyl (C=O) groups is 3. The Balaban J connectivity index is 1.42. The van der Waals surface area contributed by atoms with Gasteiger partial charge in [0.25, 0.3) is 5.91 Å². The summed E-state index contributed by atoms with van der Waals surface area (Å²) in [6, 6.07) is 7.11. The minimum absolute atomic E-state index is 0.0267. The summed E-state index contributed by atoms with van der Waals surface area (Å²) in [6.07, 6.45) is 4.98. The van der Waals surface area contributed by atoms with Gasteiger partial charge < -0.3 is 10.2 Å². The van der Waals surface area contributed by atoms with Gasteiger partial charge in [-0.25, -0.2) is 4.68 Å². The first-order chi connectivity index (χ1) is 14.4. The Bertz CT molecular complexity index is 1060. The lowest BCUT2D eigenvalue weighted by atomic mass is 9.98. The molecule has 1 N–H and O–H groups in total. The molecule has 1 saturated carbocycles. The van der Waals surface area contributed by atoms with Crippen LogP contribution in [0.1, 0.15) is 48.5 Å². The van der Waals surface area contributed by atoms with Crippen LogP contribution in [0.5, 0.6) is 0 Å². The monoisotopic (exact) mass is 407 g/mol. The molecule has 1 aromatic carbocycles. The van der Waals surface area contributed by atoms with Crippen molar-refractivity contribution < 1.29 is 14.4 Å². The SMILES string of the molecule is Cc1cnn(CC2CC2)c1NC(=O)CN1C(=O)c2ccccc2N2C(=O)CCC12C. The van der Waals surface area contributed by atoms with Gasteiger partial charge >= 0.3 is 0 Å². The van der Waals surface area contributed by atoms with Crippen molar-refractivity contribution in [2.75, 3.05) is 16.8 Å². The van der Waals surface area contributed by atoms with Crippen LogP contribution in [0.2, 0.25) is 0 Å². The second-order valence-electron chi connectivity index (χ2n) is 8.70. The quantitative estimate of drug-likeness (QED) is 0.825. The van der Waals surface area contributed by atoms with Gasteiger partial charge in [-0.05, 0) is 51.2 Å². The summed E-state index contributed by atoms with van der Waals surface area (Å²) in [5.41, 5.74) is 1.13. The highest BCUT2D eigenvalue weighted by atomic mass is 16.2. The first-order valence-corrected chi connectivity index (χ1v) is 10.4. The maximum absolute atomic E-state index is 13.3. The fourth-order valence-corrected chi connectivity index (χ4v) is 4.58. The van der Waals surface area contributed by atoms with E-state index in [2.05, 4.69) is 10.4 Å². The molecule has 8 nitrogen and oxygen atoms in total. The zero-order chi connectivity index (χ0) is 21.0. The molecular formula is C22H25N5O3. The molecule has 0 bridgehead atoms. The molecule has 1 atom stereocenters. The maximum atomic E-state index is 13.3. The number of amides is 3. The van der Waals surface area contributed by atoms with Gasteiger partial charge in [-0.2, -0.15) is 5.10 Å². The van der Waals surface area contributed by atoms with E-state index < -0.39 is 5.66 Å². The smallest absolute Gasteiger partial charge is 0.258 e. The number of aromatic nitrogens is 2. The molecule has 1 unspecified atom stereocenters. The van der Waals surface area contributed by atoms with Gasteiger partial charge in [0.15, 0.2) is 0 Å². The highest BCUT2D eigenvalue weighted by Gasteiger charge is 2.53. The fourth-order valence-electron chi connectivity index (χ4n) is 4.58. The summed E-state index contributed by atoms with van der Waals surface area (Å²) in [5, 5.41) is 7.34. The highest BCUT2D eigenvalue weighted by Crippen LogP contribution is 2.43. The molecule has 1 aromatic heterocycles. The second kappa shape index (κ2) is 6.68. The Kier molecular flexibility index (Phi) is 4.20. The number of hydrogen-bond acceptors (Lipinski definition) is 4. The van der Waals surface area contributed by atoms with Gasteiger partial charge in [0.2, 0.25) is 11.8 Å². The van der Waals surface area contributed by atoms with E-state index in [0.29, 0.717) is 35.8 Å². The normalized spacial score (nSPS) is 22.9. The van der Waals surface area contributed by atoms with Crippen LogP contribution >= 0.6 is 0 Å². The van der Waals surface area contributed by atoms with E-state index in [1.807, 2.05) is 24.6 Å². The average Bonchev–Trinajstić information content (AvgIpc) is 3.41. The molecule has 0 radical (unpaired) electrons. The van der Waals surface area contributed by atoms with E-state index in [-0.39, 0.29) is 24.3 Å². The van der Waals surface area contributed by atoms with Crippen molar-refractivity contribution in [3.63, 3.8) is 0 Å². The third-order valence-electron chi connectivity index (χ3n) is 6.46. The van der Waals surface area contributed by atoms with Crippen molar-refractivity contribution in [1.29, 1.82) is 0 Å². The molecule has 1 aliphatic carbocycles. The molecule has 3 aliphatic rings. The Morgan fingerprint density at radius 1 is 1.27 bits per heavy atom. The van der Waals surface area contributed by atoms with Crippen molar-refractivity contribution in [3.8, 4) is 0 Å². The third kappa shape index (κ3) is 2.89. The second-order valence-corrected chi connectivity index (χ2v) is 8.70. The van der Waals surface area contributed by atoms with E-state index in [1.54, 1.807) is 29.3 Å². The van der Waals surface area contributed by atoms with Gasteiger partial charge in [0, 0.05) is 18.5 Å². The summed E-state index contributed by atoms with van der Waals surface area (Å²) in [7, 11) is 0. The number of rotatable bonds is 5. The zero-order valence-electron chi connectivity index (χ0n) is 17.2. The number of nitrogens with zero attached hydrogens (tertiary/aromatic N) is 4. The standard InChI is InChI=1S/C22H25N5O3/c1-14-11-23-26(12-15-7-8-15)20(14)24-18(28)13-25-21(30)16-5-3-4-6-17(16)27-19(29)9-10-22(25,27)2/h3-6,11,15H,7-10,12-13H2,1-2H3,(H,24,28). The summed E-state index contributed by atoms with van der Waals surface area (Å²) in [4.78, 5) is 42.2. The number of carbonyl (C=O) groups excluding carboxylic acids is 3. The van der Waals surface area contributed by atoms with Crippen molar-refractivity contribution in [2.24, 2.45) is 5.92 Å². The topological polar surface area (TPSA) is 87.5 Å². The van der Waals surface area contributed by atoms with E-state index in [4.69, 9.17) is 0 Å². The predicted octanol–water partition coefficient (Wildman–Crippen LogP) is 2.54. The van der Waals surface area contributed by atoms with Crippen LogP contribution in [0.25, 0.3) is 0 Å². The lowest BCUT2D eigenvalue weighted by Crippen LogP contribution is -2.63. The van der Waals surface area contributed by atoms with E-state index in [0.717, 1.165) is 12.1 Å². The van der Waals surface area contributed by atoms with E-state index >= 15 is 0 Å². The third-order valence-corrected chi connectivity index (χ3v) is 6.46. The lowest BCUT2D eigenvalue weighted by molar-refractivity contribution is -0.120. The molecule has 1 saturated heterocycles. The van der Waals surface area contributed by atoms with Crippen molar-refractivity contribution in [1.82, 2.24) is 14.7 Å². The molecule has 8 heteroatoms. The van der Waals surface area contributed by atoms with Crippen LogP contribution in [0, 0.1) is 12.8 Å². The van der Waals surface area contributed by atoms with Crippen LogP contribution < -0.4 is 10.2 Å². The first kappa shape index (κ1) is 18.8. The van der Waals surface area contributed by atoms with Crippen LogP contribution in [-0.4, -0.2) is 44.6 Å². The number of nitrogens with one attached hydrogen (secondary N) is 1. The molecule has 5 rings (SSSR count). The molecule has 2 aliphatic heterocycles. The number of benzene rings is 1. The van der Waals surface area contributed by atoms with E-state index in [9.17, 15) is 14.4 Å². The summed E-state index contributed by atoms with van der Waals surface area (Å²) < 4.78 is 1.84. The van der Waals surface area contributed by atoms with Crippen molar-refractivity contribution in [3.05, 3.63) is 41.6 Å². The fraction of sp³-hybridized carbons (Fsp3) is 0.455. The number of para-hydroxylation sites is 1. The van der Waals surface area contributed by atoms with Crippen molar-refractivity contribution >= 4 is 29.2 Å². The molecule has 0 spiro atoms. The van der Waals surface area contributed by atoms with Crippen molar-refractivity contribution in [2.45, 2.75) is 51.7 Å². The zero-order valence-corrected chi connectivity index (χ0v) is 17.2. The molecule has 3 heterocycles. The van der Waals surface area contributed by atoms with Gasteiger partial charge in [-0.1, -0.05) is 12.1 Å². The number of fused-ring (bicyclic) bond motifs is 3. The van der Waals surface area contributed by atoms with Crippen LogP contribution in [0.3, 0.4) is 0 Å². The molecule has 2 aromatic rings. The summed E-state index contributed by atoms with van der Waals surface area (Å²) >= 11 is 0. The predicted molar refractivity (Wildman–Crippen MR) is 111 cm³/mol. The largest absolute Gasteiger partial charge is 0.309 e. The van der Waals surface area contributed by atoms with Crippen LogP contribution in [0.4, 0.5) is 11.5 Å². The number of anilines is 2. The van der Waals surface area contributed by atoms with Gasteiger partial charge in [0.05, 0.1) is 17.4 Å². The number of aryl methyl sites for hydroxylation is 1. The van der Waals surface area contributed by atoms with Crippen LogP contribution in [-0.2, 0) is 16.1 Å². The molecule has 3 amide bonds. The minimum atomic E-state index is -0.844. The molecule has 30 heavy (non-hydrogen) atoms. The molecule has 156 valence electrons. The summed E-state index contributed by atoms with van der Waals surface area (Å²) in [5.74, 6) is 0.765. The molecular weight excluding hydrogens is 382 g/mol. The van der Waals surface area contributed by atoms with Crippen LogP contribution in [0.15, 0.2) is 30.5 Å². The van der Waals surface area contributed by atoms with Gasteiger partial charge in [0.1, 0.15) is 18.0 Å². The number of hydrogen-bond donors (Lipinski definition) is 1. The molecule has 2 fully saturated rings. The van der Waals surface area contributed by atoms with Gasteiger partial charge in [-0.15, -0.1) is 0 Å². The summed E-state index contributed by atoms with van der Waals surface area (Å²) in [6.45, 7) is 4.44. The van der Waals surface area contributed by atoms with Gasteiger partial charge in [-0.3, -0.25) is 19.3 Å². The minimum Gasteiger partial charge on any atom is -0.309 e. The first-order valence-electron chi connectivity index (χ1n) is 10.4. The lowest BCUT2D eigenvalue weighted by Gasteiger charge is -2.48. The highest BCUT2D eigenvalue weighted by molar-refractivity contribution is 6.11. The Labute approximate surface area is 174 Å². The average molecular weight is 407 g/mol. The van der Waals surface area contributed by atoms with E-state index in [1.165, 1.54) is 17.7 Å².